The third-order valence-electron chi connectivity index (χ3n) is 6.09. The molecule has 0 radical (unpaired) electrons. The van der Waals surface area contributed by atoms with Gasteiger partial charge < -0.3 is 14.6 Å². The van der Waals surface area contributed by atoms with Crippen molar-refractivity contribution in [3.05, 3.63) is 36.4 Å². The summed E-state index contributed by atoms with van der Waals surface area (Å²) in [6, 6.07) is 5.79. The molecule has 0 aliphatic heterocycles. The van der Waals surface area contributed by atoms with Crippen LogP contribution in [-0.2, 0) is 11.3 Å². The molecule has 0 unspecified atom stereocenters. The zero-order chi connectivity index (χ0) is 22.9. The molecule has 1 aliphatic rings. The number of imidazole rings is 1. The van der Waals surface area contributed by atoms with Crippen molar-refractivity contribution in [2.45, 2.75) is 57.9 Å². The van der Waals surface area contributed by atoms with Crippen LogP contribution in [0.2, 0.25) is 0 Å². The third-order valence-corrected chi connectivity index (χ3v) is 6.09. The third kappa shape index (κ3) is 4.37. The number of ether oxygens (including phenoxy) is 1. The topological polar surface area (TPSA) is 82.2 Å². The zero-order valence-corrected chi connectivity index (χ0v) is 18.1. The number of fused-ring (bicyclic) bond motifs is 2. The Morgan fingerprint density at radius 1 is 1.15 bits per heavy atom. The number of alkyl halides is 3. The average Bonchev–Trinajstić information content (AvgIpc) is 3.35. The molecule has 1 saturated carbocycles. The van der Waals surface area contributed by atoms with E-state index in [0.717, 1.165) is 28.1 Å². The molecule has 0 saturated heterocycles. The van der Waals surface area contributed by atoms with Gasteiger partial charge in [0.1, 0.15) is 18.0 Å². The molecule has 0 amide bonds. The number of hydrogen-bond acceptors (Lipinski definition) is 6. The van der Waals surface area contributed by atoms with Crippen LogP contribution in [0.5, 0.6) is 0 Å². The molecule has 11 heteroatoms. The Morgan fingerprint density at radius 2 is 1.97 bits per heavy atom. The van der Waals surface area contributed by atoms with Gasteiger partial charge in [-0.15, -0.1) is 5.10 Å². The van der Waals surface area contributed by atoms with Gasteiger partial charge in [0.2, 0.25) is 5.95 Å². The number of rotatable bonds is 7. The van der Waals surface area contributed by atoms with Crippen LogP contribution in [-0.4, -0.2) is 54.6 Å². The molecule has 8 nitrogen and oxygen atoms in total. The van der Waals surface area contributed by atoms with Crippen molar-refractivity contribution in [1.82, 2.24) is 29.1 Å². The largest absolute Gasteiger partial charge is 0.350 e. The molecule has 4 aromatic rings. The Hall–Kier alpha value is -3.21. The molecule has 0 bridgehead atoms. The van der Waals surface area contributed by atoms with E-state index in [1.165, 1.54) is 0 Å². The highest BCUT2D eigenvalue weighted by molar-refractivity contribution is 5.82. The van der Waals surface area contributed by atoms with Crippen LogP contribution in [0.4, 0.5) is 19.1 Å². The SMILES string of the molecule is Cc1nc2ccc(-c3ccn4nc(NC5CCC(OC(F)F)CC5)ncc34)nc2n1CCF. The van der Waals surface area contributed by atoms with Gasteiger partial charge in [0, 0.05) is 17.8 Å². The summed E-state index contributed by atoms with van der Waals surface area (Å²) in [4.78, 5) is 13.6. The second-order valence-corrected chi connectivity index (χ2v) is 8.19. The highest BCUT2D eigenvalue weighted by Gasteiger charge is 2.24. The molecule has 1 aliphatic carbocycles. The van der Waals surface area contributed by atoms with Crippen LogP contribution in [0, 0.1) is 6.92 Å². The van der Waals surface area contributed by atoms with Crippen molar-refractivity contribution in [2.24, 2.45) is 0 Å². The highest BCUT2D eigenvalue weighted by atomic mass is 19.3. The molecule has 4 heterocycles. The van der Waals surface area contributed by atoms with Gasteiger partial charge in [-0.05, 0) is 50.8 Å². The van der Waals surface area contributed by atoms with E-state index < -0.39 is 19.4 Å². The van der Waals surface area contributed by atoms with Crippen molar-refractivity contribution >= 4 is 22.6 Å². The van der Waals surface area contributed by atoms with Gasteiger partial charge in [0.15, 0.2) is 5.65 Å². The van der Waals surface area contributed by atoms with Crippen molar-refractivity contribution in [3.63, 3.8) is 0 Å². The minimum Gasteiger partial charge on any atom is -0.350 e. The number of nitrogens with zero attached hydrogens (tertiary/aromatic N) is 6. The van der Waals surface area contributed by atoms with E-state index in [2.05, 4.69) is 25.1 Å². The van der Waals surface area contributed by atoms with Crippen LogP contribution in [0.3, 0.4) is 0 Å². The number of hydrogen-bond donors (Lipinski definition) is 1. The summed E-state index contributed by atoms with van der Waals surface area (Å²) in [5.74, 6) is 1.20. The predicted molar refractivity (Wildman–Crippen MR) is 117 cm³/mol. The lowest BCUT2D eigenvalue weighted by molar-refractivity contribution is -0.169. The quantitative estimate of drug-likeness (QED) is 0.442. The number of aromatic nitrogens is 6. The lowest BCUT2D eigenvalue weighted by atomic mass is 9.93. The molecule has 0 atom stereocenters. The molecule has 174 valence electrons. The summed E-state index contributed by atoms with van der Waals surface area (Å²) >= 11 is 0. The average molecular weight is 459 g/mol. The lowest BCUT2D eigenvalue weighted by Crippen LogP contribution is -2.31. The van der Waals surface area contributed by atoms with Crippen LogP contribution in [0.15, 0.2) is 30.6 Å². The molecule has 4 aromatic heterocycles. The highest BCUT2D eigenvalue weighted by Crippen LogP contribution is 2.27. The standard InChI is InChI=1S/C22H24F3N7O/c1-13-27-18-7-6-17(29-20(18)31(13)11-9-23)16-8-10-32-19(16)12-26-22(30-32)28-14-2-4-15(5-3-14)33-21(24)25/h6-8,10,12,14-15,21H,2-5,9,11H2,1H3,(H,28,30). The van der Waals surface area contributed by atoms with Crippen molar-refractivity contribution in [3.8, 4) is 11.3 Å². The Morgan fingerprint density at radius 3 is 2.73 bits per heavy atom. The lowest BCUT2D eigenvalue weighted by Gasteiger charge is -2.28. The first-order valence-corrected chi connectivity index (χ1v) is 11.0. The summed E-state index contributed by atoms with van der Waals surface area (Å²) in [6.45, 7) is -1.16. The first-order valence-electron chi connectivity index (χ1n) is 11.0. The smallest absolute Gasteiger partial charge is 0.345 e. The first-order chi connectivity index (χ1) is 16.0. The van der Waals surface area contributed by atoms with Gasteiger partial charge in [-0.25, -0.2) is 23.9 Å². The number of aryl methyl sites for hydroxylation is 2. The van der Waals surface area contributed by atoms with Gasteiger partial charge in [-0.1, -0.05) is 0 Å². The Balaban J connectivity index is 1.35. The van der Waals surface area contributed by atoms with Crippen molar-refractivity contribution in [1.29, 1.82) is 0 Å². The maximum Gasteiger partial charge on any atom is 0.345 e. The first kappa shape index (κ1) is 21.6. The Labute approximate surface area is 187 Å². The summed E-state index contributed by atoms with van der Waals surface area (Å²) in [6.07, 6.45) is 5.74. The molecular formula is C22H24F3N7O. The van der Waals surface area contributed by atoms with Gasteiger partial charge in [0.05, 0.1) is 30.1 Å². The number of pyridine rings is 1. The molecule has 5 rings (SSSR count). The second kappa shape index (κ2) is 8.97. The van der Waals surface area contributed by atoms with E-state index in [9.17, 15) is 13.2 Å². The van der Waals surface area contributed by atoms with Crippen LogP contribution in [0.25, 0.3) is 27.9 Å². The monoisotopic (exact) mass is 459 g/mol. The fourth-order valence-electron chi connectivity index (χ4n) is 4.47. The molecule has 1 N–H and O–H groups in total. The van der Waals surface area contributed by atoms with E-state index in [-0.39, 0.29) is 12.6 Å². The van der Waals surface area contributed by atoms with Crippen molar-refractivity contribution < 1.29 is 17.9 Å². The van der Waals surface area contributed by atoms with Gasteiger partial charge in [-0.3, -0.25) is 0 Å². The number of anilines is 1. The van der Waals surface area contributed by atoms with E-state index in [4.69, 9.17) is 4.98 Å². The van der Waals surface area contributed by atoms with Crippen LogP contribution in [0.1, 0.15) is 31.5 Å². The van der Waals surface area contributed by atoms with Gasteiger partial charge in [0.25, 0.3) is 0 Å². The van der Waals surface area contributed by atoms with E-state index in [1.807, 2.05) is 31.3 Å². The Bertz CT molecular complexity index is 1260. The molecular weight excluding hydrogens is 435 g/mol. The van der Waals surface area contributed by atoms with E-state index >= 15 is 0 Å². The predicted octanol–water partition coefficient (Wildman–Crippen LogP) is 4.38. The minimum atomic E-state index is -2.73. The zero-order valence-electron chi connectivity index (χ0n) is 18.1. The van der Waals surface area contributed by atoms with Crippen molar-refractivity contribution in [2.75, 3.05) is 12.0 Å². The normalized spacial score (nSPS) is 19.1. The second-order valence-electron chi connectivity index (χ2n) is 8.19. The van der Waals surface area contributed by atoms with Gasteiger partial charge >= 0.3 is 6.61 Å². The maximum atomic E-state index is 13.0. The molecule has 0 spiro atoms. The fourth-order valence-corrected chi connectivity index (χ4v) is 4.47. The molecule has 1 fully saturated rings. The summed E-state index contributed by atoms with van der Waals surface area (Å²) in [5.41, 5.74) is 3.75. The summed E-state index contributed by atoms with van der Waals surface area (Å²) in [5, 5.41) is 7.84. The number of nitrogens with one attached hydrogen (secondary N) is 1. The fraction of sp³-hybridized carbons (Fsp3) is 0.455. The number of halogens is 3. The summed E-state index contributed by atoms with van der Waals surface area (Å²) < 4.78 is 45.9. The van der Waals surface area contributed by atoms with E-state index in [0.29, 0.717) is 37.3 Å². The maximum absolute atomic E-state index is 13.0. The van der Waals surface area contributed by atoms with Crippen LogP contribution < -0.4 is 5.32 Å². The van der Waals surface area contributed by atoms with Gasteiger partial charge in [-0.2, -0.15) is 8.78 Å². The summed E-state index contributed by atoms with van der Waals surface area (Å²) in [7, 11) is 0. The Kier molecular flexibility index (Phi) is 5.88. The minimum absolute atomic E-state index is 0.109. The molecule has 0 aromatic carbocycles. The molecule has 33 heavy (non-hydrogen) atoms. The van der Waals surface area contributed by atoms with Crippen LogP contribution >= 0.6 is 0 Å². The van der Waals surface area contributed by atoms with E-state index in [1.54, 1.807) is 15.3 Å².